The number of amides is 3. The number of hydrogen-bond acceptors (Lipinski definition) is 3. The zero-order valence-corrected chi connectivity index (χ0v) is 13.7. The fourth-order valence-corrected chi connectivity index (χ4v) is 3.73. The Labute approximate surface area is 141 Å². The van der Waals surface area contributed by atoms with Gasteiger partial charge in [-0.05, 0) is 24.0 Å². The Kier molecular flexibility index (Phi) is 4.83. The predicted octanol–water partition coefficient (Wildman–Crippen LogP) is 1.79. The molecule has 0 radical (unpaired) electrons. The molecule has 6 heteroatoms. The van der Waals surface area contributed by atoms with Crippen molar-refractivity contribution in [3.8, 4) is 0 Å². The Morgan fingerprint density at radius 3 is 2.62 bits per heavy atom. The molecule has 0 saturated heterocycles. The number of rotatable bonds is 4. The molecule has 1 aliphatic carbocycles. The van der Waals surface area contributed by atoms with E-state index in [0.717, 1.165) is 31.2 Å². The van der Waals surface area contributed by atoms with Crippen LogP contribution in [0.25, 0.3) is 0 Å². The molecular formula is C18H23N3O3. The van der Waals surface area contributed by atoms with Crippen LogP contribution in [0.2, 0.25) is 0 Å². The van der Waals surface area contributed by atoms with E-state index < -0.39 is 23.8 Å². The van der Waals surface area contributed by atoms with Gasteiger partial charge in [0.1, 0.15) is 6.04 Å². The van der Waals surface area contributed by atoms with Crippen molar-refractivity contribution in [1.82, 2.24) is 4.90 Å². The molecule has 0 spiro atoms. The van der Waals surface area contributed by atoms with Crippen LogP contribution in [0.3, 0.4) is 0 Å². The lowest BCUT2D eigenvalue weighted by Crippen LogP contribution is -2.50. The summed E-state index contributed by atoms with van der Waals surface area (Å²) in [7, 11) is 0. The van der Waals surface area contributed by atoms with Crippen molar-refractivity contribution in [1.29, 1.82) is 0 Å². The van der Waals surface area contributed by atoms with Gasteiger partial charge in [0.2, 0.25) is 5.91 Å². The maximum absolute atomic E-state index is 12.5. The lowest BCUT2D eigenvalue weighted by Gasteiger charge is -2.32. The lowest BCUT2D eigenvalue weighted by molar-refractivity contribution is -0.147. The van der Waals surface area contributed by atoms with Crippen LogP contribution in [0.15, 0.2) is 24.3 Å². The largest absolute Gasteiger partial charge is 0.368 e. The van der Waals surface area contributed by atoms with Gasteiger partial charge in [-0.1, -0.05) is 50.3 Å². The summed E-state index contributed by atoms with van der Waals surface area (Å²) in [5.74, 6) is -1.56. The minimum atomic E-state index is -0.738. The van der Waals surface area contributed by atoms with E-state index in [9.17, 15) is 14.4 Å². The van der Waals surface area contributed by atoms with Gasteiger partial charge >= 0.3 is 11.8 Å². The fourth-order valence-electron chi connectivity index (χ4n) is 3.73. The average Bonchev–Trinajstić information content (AvgIpc) is 2.71. The molecule has 1 fully saturated rings. The number of carbonyl (C=O) groups excluding carboxylic acids is 3. The Bertz CT molecular complexity index is 653. The van der Waals surface area contributed by atoms with E-state index in [1.54, 1.807) is 12.1 Å². The first kappa shape index (κ1) is 16.5. The second-order valence-corrected chi connectivity index (χ2v) is 6.70. The number of benzene rings is 1. The summed E-state index contributed by atoms with van der Waals surface area (Å²) in [6, 6.07) is 6.51. The van der Waals surface area contributed by atoms with E-state index in [1.807, 2.05) is 12.1 Å². The second-order valence-electron chi connectivity index (χ2n) is 6.70. The number of fused-ring (bicyclic) bond motifs is 1. The van der Waals surface area contributed by atoms with Crippen LogP contribution in [0.4, 0.5) is 5.69 Å². The van der Waals surface area contributed by atoms with Crippen molar-refractivity contribution < 1.29 is 14.4 Å². The SMILES string of the molecule is NC(=O)[C@H](CC1CCCCC1)N1Cc2ccccc2NC(=O)C1=O. The highest BCUT2D eigenvalue weighted by molar-refractivity contribution is 6.40. The van der Waals surface area contributed by atoms with Crippen LogP contribution in [0, 0.1) is 5.92 Å². The summed E-state index contributed by atoms with van der Waals surface area (Å²) in [4.78, 5) is 38.1. The Morgan fingerprint density at radius 2 is 1.92 bits per heavy atom. The van der Waals surface area contributed by atoms with Crippen LogP contribution < -0.4 is 11.1 Å². The summed E-state index contributed by atoms with van der Waals surface area (Å²) >= 11 is 0. The van der Waals surface area contributed by atoms with Gasteiger partial charge in [0, 0.05) is 12.2 Å². The lowest BCUT2D eigenvalue weighted by atomic mass is 9.84. The van der Waals surface area contributed by atoms with E-state index in [-0.39, 0.29) is 6.54 Å². The smallest absolute Gasteiger partial charge is 0.313 e. The van der Waals surface area contributed by atoms with Crippen molar-refractivity contribution in [2.75, 3.05) is 5.32 Å². The predicted molar refractivity (Wildman–Crippen MR) is 89.8 cm³/mol. The monoisotopic (exact) mass is 329 g/mol. The number of anilines is 1. The van der Waals surface area contributed by atoms with E-state index >= 15 is 0 Å². The molecule has 0 unspecified atom stereocenters. The Morgan fingerprint density at radius 1 is 1.21 bits per heavy atom. The zero-order chi connectivity index (χ0) is 17.1. The number of para-hydroxylation sites is 1. The molecule has 3 amide bonds. The number of hydrogen-bond donors (Lipinski definition) is 2. The van der Waals surface area contributed by atoms with Crippen LogP contribution in [-0.4, -0.2) is 28.7 Å². The third kappa shape index (κ3) is 3.42. The van der Waals surface area contributed by atoms with Gasteiger partial charge in [-0.15, -0.1) is 0 Å². The standard InChI is InChI=1S/C18H23N3O3/c19-16(22)15(10-12-6-2-1-3-7-12)21-11-13-8-4-5-9-14(13)20-17(23)18(21)24/h4-5,8-9,12,15H,1-3,6-7,10-11H2,(H2,19,22)(H,20,23)/t15-/m0/s1. The van der Waals surface area contributed by atoms with Gasteiger partial charge in [-0.25, -0.2) is 0 Å². The first-order chi connectivity index (χ1) is 11.6. The average molecular weight is 329 g/mol. The van der Waals surface area contributed by atoms with Crippen LogP contribution in [0.1, 0.15) is 44.1 Å². The topological polar surface area (TPSA) is 92.5 Å². The minimum Gasteiger partial charge on any atom is -0.368 e. The molecule has 3 N–H and O–H groups in total. The molecule has 6 nitrogen and oxygen atoms in total. The van der Waals surface area contributed by atoms with Crippen LogP contribution >= 0.6 is 0 Å². The van der Waals surface area contributed by atoms with Gasteiger partial charge in [0.25, 0.3) is 0 Å². The van der Waals surface area contributed by atoms with Gasteiger partial charge in [-0.2, -0.15) is 0 Å². The minimum absolute atomic E-state index is 0.216. The molecule has 1 atom stereocenters. The molecule has 2 aliphatic rings. The normalized spacial score (nSPS) is 20.1. The van der Waals surface area contributed by atoms with Crippen LogP contribution in [0.5, 0.6) is 0 Å². The third-order valence-electron chi connectivity index (χ3n) is 5.05. The second kappa shape index (κ2) is 7.03. The summed E-state index contributed by atoms with van der Waals surface area (Å²) in [5.41, 5.74) is 7.02. The Balaban J connectivity index is 1.86. The Hall–Kier alpha value is -2.37. The van der Waals surface area contributed by atoms with Crippen molar-refractivity contribution in [3.05, 3.63) is 29.8 Å². The summed E-state index contributed by atoms with van der Waals surface area (Å²) < 4.78 is 0. The maximum Gasteiger partial charge on any atom is 0.313 e. The van der Waals surface area contributed by atoms with Crippen molar-refractivity contribution in [3.63, 3.8) is 0 Å². The summed E-state index contributed by atoms with van der Waals surface area (Å²) in [6.07, 6.45) is 6.15. The van der Waals surface area contributed by atoms with Crippen molar-refractivity contribution in [2.45, 2.75) is 51.1 Å². The number of nitrogens with zero attached hydrogens (tertiary/aromatic N) is 1. The highest BCUT2D eigenvalue weighted by Gasteiger charge is 2.36. The molecule has 1 heterocycles. The molecule has 128 valence electrons. The number of nitrogens with two attached hydrogens (primary N) is 1. The summed E-state index contributed by atoms with van der Waals surface area (Å²) in [6.45, 7) is 0.216. The fraction of sp³-hybridized carbons (Fsp3) is 0.500. The highest BCUT2D eigenvalue weighted by Crippen LogP contribution is 2.30. The van der Waals surface area contributed by atoms with E-state index in [0.29, 0.717) is 18.0 Å². The molecule has 0 aromatic heterocycles. The van der Waals surface area contributed by atoms with Crippen molar-refractivity contribution in [2.24, 2.45) is 11.7 Å². The van der Waals surface area contributed by atoms with E-state index in [1.165, 1.54) is 11.3 Å². The highest BCUT2D eigenvalue weighted by atomic mass is 16.2. The first-order valence-corrected chi connectivity index (χ1v) is 8.55. The zero-order valence-electron chi connectivity index (χ0n) is 13.7. The molecule has 1 aromatic carbocycles. The molecule has 1 aromatic rings. The first-order valence-electron chi connectivity index (χ1n) is 8.55. The van der Waals surface area contributed by atoms with Gasteiger partial charge in [0.05, 0.1) is 0 Å². The van der Waals surface area contributed by atoms with Gasteiger partial charge < -0.3 is 16.0 Å². The molecule has 1 aliphatic heterocycles. The van der Waals surface area contributed by atoms with Crippen molar-refractivity contribution >= 4 is 23.4 Å². The molecule has 0 bridgehead atoms. The number of carbonyl (C=O) groups is 3. The quantitative estimate of drug-likeness (QED) is 0.825. The van der Waals surface area contributed by atoms with Gasteiger partial charge in [-0.3, -0.25) is 14.4 Å². The third-order valence-corrected chi connectivity index (χ3v) is 5.05. The van der Waals surface area contributed by atoms with E-state index in [4.69, 9.17) is 5.73 Å². The molecule has 3 rings (SSSR count). The van der Waals surface area contributed by atoms with Crippen LogP contribution in [-0.2, 0) is 20.9 Å². The van der Waals surface area contributed by atoms with E-state index in [2.05, 4.69) is 5.32 Å². The number of primary amides is 1. The molecule has 1 saturated carbocycles. The maximum atomic E-state index is 12.5. The van der Waals surface area contributed by atoms with Gasteiger partial charge in [0.15, 0.2) is 0 Å². The summed E-state index contributed by atoms with van der Waals surface area (Å²) in [5, 5.41) is 2.62. The number of nitrogens with one attached hydrogen (secondary N) is 1. The molecular weight excluding hydrogens is 306 g/mol. The molecule has 24 heavy (non-hydrogen) atoms.